The highest BCUT2D eigenvalue weighted by atomic mass is 16.5. The molecule has 0 radical (unpaired) electrons. The Labute approximate surface area is 196 Å². The fourth-order valence-electron chi connectivity index (χ4n) is 3.66. The average molecular weight is 457 g/mol. The molecule has 0 aliphatic heterocycles. The van der Waals surface area contributed by atoms with Crippen LogP contribution < -0.4 is 14.8 Å². The van der Waals surface area contributed by atoms with E-state index in [9.17, 15) is 10.1 Å². The summed E-state index contributed by atoms with van der Waals surface area (Å²) < 4.78 is 12.3. The van der Waals surface area contributed by atoms with Gasteiger partial charge in [-0.3, -0.25) is 9.48 Å². The summed E-state index contributed by atoms with van der Waals surface area (Å²) in [7, 11) is 4.96. The Morgan fingerprint density at radius 2 is 2.00 bits per heavy atom. The van der Waals surface area contributed by atoms with Gasteiger partial charge in [-0.05, 0) is 36.8 Å². The number of aryl methyl sites for hydroxylation is 1. The van der Waals surface area contributed by atoms with E-state index in [1.54, 1.807) is 55.7 Å². The molecule has 2 N–H and O–H groups in total. The topological polar surface area (TPSA) is 118 Å². The summed E-state index contributed by atoms with van der Waals surface area (Å²) in [5.74, 6) is 0.685. The van der Waals surface area contributed by atoms with Crippen LogP contribution >= 0.6 is 0 Å². The molecule has 9 heteroatoms. The zero-order valence-corrected chi connectivity index (χ0v) is 19.3. The molecular weight excluding hydrogens is 432 g/mol. The van der Waals surface area contributed by atoms with Crippen LogP contribution in [-0.2, 0) is 11.8 Å². The zero-order chi connectivity index (χ0) is 24.2. The van der Waals surface area contributed by atoms with E-state index >= 15 is 0 Å². The SMILES string of the molecule is COc1ccc([C@@H](C)NC(=O)/C(C#N)=C/c2c[nH]c3ncc(-c4cnn(C)c4)cc23)cc1OC. The molecule has 4 rings (SSSR count). The monoisotopic (exact) mass is 456 g/mol. The van der Waals surface area contributed by atoms with Gasteiger partial charge in [0.2, 0.25) is 0 Å². The summed E-state index contributed by atoms with van der Waals surface area (Å²) in [4.78, 5) is 20.4. The Morgan fingerprint density at radius 3 is 2.68 bits per heavy atom. The number of aromatic nitrogens is 4. The number of carbonyl (C=O) groups is 1. The molecule has 9 nitrogen and oxygen atoms in total. The Bertz CT molecular complexity index is 1430. The lowest BCUT2D eigenvalue weighted by Gasteiger charge is -2.16. The summed E-state index contributed by atoms with van der Waals surface area (Å²) in [6.07, 6.45) is 8.70. The van der Waals surface area contributed by atoms with Crippen LogP contribution in [0, 0.1) is 11.3 Å². The van der Waals surface area contributed by atoms with Crippen LogP contribution in [0.3, 0.4) is 0 Å². The van der Waals surface area contributed by atoms with Crippen LogP contribution in [0.5, 0.6) is 11.5 Å². The van der Waals surface area contributed by atoms with Crippen molar-refractivity contribution in [3.05, 3.63) is 65.8 Å². The minimum absolute atomic E-state index is 0.0139. The van der Waals surface area contributed by atoms with Crippen LogP contribution in [0.15, 0.2) is 54.6 Å². The van der Waals surface area contributed by atoms with Gasteiger partial charge in [0.1, 0.15) is 17.3 Å². The average Bonchev–Trinajstić information content (AvgIpc) is 3.47. The van der Waals surface area contributed by atoms with E-state index in [2.05, 4.69) is 20.4 Å². The molecule has 0 spiro atoms. The van der Waals surface area contributed by atoms with E-state index in [4.69, 9.17) is 9.47 Å². The number of H-pyrrole nitrogens is 1. The second-order valence-corrected chi connectivity index (χ2v) is 7.75. The van der Waals surface area contributed by atoms with Crippen LogP contribution in [0.2, 0.25) is 0 Å². The molecule has 0 fully saturated rings. The fraction of sp³-hybridized carbons (Fsp3) is 0.200. The first-order valence-corrected chi connectivity index (χ1v) is 10.5. The van der Waals surface area contributed by atoms with Gasteiger partial charge in [-0.25, -0.2) is 4.98 Å². The second-order valence-electron chi connectivity index (χ2n) is 7.75. The minimum Gasteiger partial charge on any atom is -0.493 e. The van der Waals surface area contributed by atoms with Crippen molar-refractivity contribution in [1.82, 2.24) is 25.1 Å². The van der Waals surface area contributed by atoms with E-state index in [0.29, 0.717) is 22.7 Å². The molecule has 0 bridgehead atoms. The number of carbonyl (C=O) groups excluding carboxylic acids is 1. The lowest BCUT2D eigenvalue weighted by atomic mass is 10.1. The van der Waals surface area contributed by atoms with Gasteiger partial charge in [0.05, 0.1) is 26.5 Å². The molecule has 0 aliphatic rings. The number of nitrogens with zero attached hydrogens (tertiary/aromatic N) is 4. The minimum atomic E-state index is -0.476. The maximum Gasteiger partial charge on any atom is 0.262 e. The highest BCUT2D eigenvalue weighted by Crippen LogP contribution is 2.30. The van der Waals surface area contributed by atoms with Crippen LogP contribution in [0.1, 0.15) is 24.1 Å². The molecule has 0 saturated carbocycles. The Morgan fingerprint density at radius 1 is 1.21 bits per heavy atom. The number of rotatable bonds is 7. The smallest absolute Gasteiger partial charge is 0.262 e. The number of nitriles is 1. The number of nitrogens with one attached hydrogen (secondary N) is 2. The first-order valence-electron chi connectivity index (χ1n) is 10.5. The van der Waals surface area contributed by atoms with E-state index < -0.39 is 5.91 Å². The number of aromatic amines is 1. The molecule has 172 valence electrons. The largest absolute Gasteiger partial charge is 0.493 e. The number of amides is 1. The number of benzene rings is 1. The van der Waals surface area contributed by atoms with Crippen molar-refractivity contribution in [2.45, 2.75) is 13.0 Å². The van der Waals surface area contributed by atoms with Crippen molar-refractivity contribution in [3.63, 3.8) is 0 Å². The van der Waals surface area contributed by atoms with Crippen molar-refractivity contribution in [1.29, 1.82) is 5.26 Å². The molecule has 3 aromatic heterocycles. The van der Waals surface area contributed by atoms with Crippen molar-refractivity contribution >= 4 is 23.0 Å². The first-order chi connectivity index (χ1) is 16.4. The molecule has 34 heavy (non-hydrogen) atoms. The van der Waals surface area contributed by atoms with Gasteiger partial charge in [-0.1, -0.05) is 6.07 Å². The molecule has 3 heterocycles. The lowest BCUT2D eigenvalue weighted by Crippen LogP contribution is -2.27. The van der Waals surface area contributed by atoms with Gasteiger partial charge in [0, 0.05) is 47.7 Å². The zero-order valence-electron chi connectivity index (χ0n) is 19.3. The van der Waals surface area contributed by atoms with Crippen LogP contribution in [0.25, 0.3) is 28.2 Å². The van der Waals surface area contributed by atoms with Gasteiger partial charge in [0.15, 0.2) is 11.5 Å². The van der Waals surface area contributed by atoms with E-state index in [1.807, 2.05) is 38.4 Å². The quantitative estimate of drug-likeness (QED) is 0.323. The Hall–Kier alpha value is -4.58. The van der Waals surface area contributed by atoms with Gasteiger partial charge in [0.25, 0.3) is 5.91 Å². The molecule has 0 unspecified atom stereocenters. The molecular formula is C25H24N6O3. The van der Waals surface area contributed by atoms with E-state index in [0.717, 1.165) is 22.1 Å². The van der Waals surface area contributed by atoms with Crippen LogP contribution in [-0.4, -0.2) is 39.9 Å². The number of hydrogen-bond donors (Lipinski definition) is 2. The third-order valence-corrected chi connectivity index (χ3v) is 5.52. The summed E-state index contributed by atoms with van der Waals surface area (Å²) in [5, 5.41) is 17.6. The first kappa shape index (κ1) is 22.6. The third kappa shape index (κ3) is 4.47. The van der Waals surface area contributed by atoms with E-state index in [1.165, 1.54) is 0 Å². The van der Waals surface area contributed by atoms with Gasteiger partial charge in [-0.2, -0.15) is 10.4 Å². The maximum atomic E-state index is 12.9. The fourth-order valence-corrected chi connectivity index (χ4v) is 3.66. The lowest BCUT2D eigenvalue weighted by molar-refractivity contribution is -0.117. The predicted octanol–water partition coefficient (Wildman–Crippen LogP) is 3.76. The normalized spacial score (nSPS) is 12.3. The van der Waals surface area contributed by atoms with Crippen molar-refractivity contribution in [3.8, 4) is 28.7 Å². The number of methoxy groups -OCH3 is 2. The Balaban J connectivity index is 1.59. The third-order valence-electron chi connectivity index (χ3n) is 5.52. The molecule has 0 aliphatic carbocycles. The van der Waals surface area contributed by atoms with E-state index in [-0.39, 0.29) is 11.6 Å². The molecule has 1 amide bonds. The predicted molar refractivity (Wildman–Crippen MR) is 128 cm³/mol. The highest BCUT2D eigenvalue weighted by molar-refractivity contribution is 6.04. The van der Waals surface area contributed by atoms with Gasteiger partial charge >= 0.3 is 0 Å². The highest BCUT2D eigenvalue weighted by Gasteiger charge is 2.17. The maximum absolute atomic E-state index is 12.9. The van der Waals surface area contributed by atoms with Gasteiger partial charge in [-0.15, -0.1) is 0 Å². The Kier molecular flexibility index (Phi) is 6.32. The summed E-state index contributed by atoms with van der Waals surface area (Å²) >= 11 is 0. The van der Waals surface area contributed by atoms with Gasteiger partial charge < -0.3 is 19.8 Å². The standard InChI is InChI=1S/C25H24N6O3/c1-15(16-5-6-22(33-3)23(9-16)34-4)30-25(32)17(10-26)7-19-12-28-24-21(19)8-18(11-27-24)20-13-29-31(2)14-20/h5-9,11-15H,1-4H3,(H,27,28)(H,30,32)/b17-7+/t15-/m1/s1. The molecule has 0 saturated heterocycles. The number of fused-ring (bicyclic) bond motifs is 1. The number of ether oxygens (including phenoxy) is 2. The summed E-state index contributed by atoms with van der Waals surface area (Å²) in [6.45, 7) is 1.84. The molecule has 4 aromatic rings. The molecule has 1 aromatic carbocycles. The summed E-state index contributed by atoms with van der Waals surface area (Å²) in [5.41, 5.74) is 3.98. The number of pyridine rings is 1. The second kappa shape index (κ2) is 9.50. The summed E-state index contributed by atoms with van der Waals surface area (Å²) in [6, 6.07) is 9.02. The van der Waals surface area contributed by atoms with Crippen molar-refractivity contribution in [2.75, 3.05) is 14.2 Å². The van der Waals surface area contributed by atoms with Crippen LogP contribution in [0.4, 0.5) is 0 Å². The van der Waals surface area contributed by atoms with Crippen molar-refractivity contribution < 1.29 is 14.3 Å². The number of hydrogen-bond acceptors (Lipinski definition) is 6. The van der Waals surface area contributed by atoms with Crippen molar-refractivity contribution in [2.24, 2.45) is 7.05 Å². The molecule has 1 atom stereocenters.